The topological polar surface area (TPSA) is 0 Å². The average Bonchev–Trinajstić information content (AvgIpc) is 2.96. The lowest BCUT2D eigenvalue weighted by molar-refractivity contribution is -0.0889. The Bertz CT molecular complexity index is 323. The second kappa shape index (κ2) is 3.94. The van der Waals surface area contributed by atoms with E-state index in [0.717, 1.165) is 12.8 Å². The molecule has 1 saturated carbocycles. The first-order valence-corrected chi connectivity index (χ1v) is 5.85. The van der Waals surface area contributed by atoms with Gasteiger partial charge in [0.2, 0.25) is 0 Å². The SMILES string of the molecule is CC(C)[C@H]1C[C@@H]1C1C=C(C(F)(F)F)C=CC1. The predicted octanol–water partition coefficient (Wildman–Crippen LogP) is 4.34. The number of hydrogen-bond donors (Lipinski definition) is 0. The predicted molar refractivity (Wildman–Crippen MR) is 57.8 cm³/mol. The normalized spacial score (nSPS) is 34.1. The Labute approximate surface area is 94.2 Å². The van der Waals surface area contributed by atoms with Crippen molar-refractivity contribution in [2.45, 2.75) is 32.9 Å². The van der Waals surface area contributed by atoms with Gasteiger partial charge in [0.25, 0.3) is 0 Å². The van der Waals surface area contributed by atoms with E-state index in [4.69, 9.17) is 0 Å². The molecule has 0 spiro atoms. The Morgan fingerprint density at radius 2 is 2.00 bits per heavy atom. The molecule has 16 heavy (non-hydrogen) atoms. The fourth-order valence-electron chi connectivity index (χ4n) is 2.69. The van der Waals surface area contributed by atoms with Gasteiger partial charge in [0.05, 0.1) is 5.57 Å². The van der Waals surface area contributed by atoms with Gasteiger partial charge in [-0.15, -0.1) is 0 Å². The summed E-state index contributed by atoms with van der Waals surface area (Å²) in [5, 5.41) is 0. The minimum atomic E-state index is -4.18. The van der Waals surface area contributed by atoms with E-state index in [1.165, 1.54) is 12.2 Å². The molecule has 0 bridgehead atoms. The summed E-state index contributed by atoms with van der Waals surface area (Å²) >= 11 is 0. The zero-order valence-corrected chi connectivity index (χ0v) is 9.59. The third-order valence-electron chi connectivity index (χ3n) is 3.72. The van der Waals surface area contributed by atoms with Gasteiger partial charge in [0, 0.05) is 0 Å². The molecule has 3 heteroatoms. The highest BCUT2D eigenvalue weighted by Gasteiger charge is 2.45. The summed E-state index contributed by atoms with van der Waals surface area (Å²) < 4.78 is 37.6. The maximum Gasteiger partial charge on any atom is 0.416 e. The Morgan fingerprint density at radius 3 is 2.50 bits per heavy atom. The van der Waals surface area contributed by atoms with Crippen LogP contribution in [-0.2, 0) is 0 Å². The van der Waals surface area contributed by atoms with Gasteiger partial charge in [-0.25, -0.2) is 0 Å². The highest BCUT2D eigenvalue weighted by molar-refractivity contribution is 5.29. The summed E-state index contributed by atoms with van der Waals surface area (Å²) in [6.45, 7) is 4.30. The van der Waals surface area contributed by atoms with Crippen LogP contribution < -0.4 is 0 Å². The average molecular weight is 230 g/mol. The molecule has 2 aliphatic rings. The first kappa shape index (κ1) is 11.7. The highest BCUT2D eigenvalue weighted by Crippen LogP contribution is 2.51. The van der Waals surface area contributed by atoms with Gasteiger partial charge < -0.3 is 0 Å². The Morgan fingerprint density at radius 1 is 1.31 bits per heavy atom. The maximum atomic E-state index is 12.5. The number of hydrogen-bond acceptors (Lipinski definition) is 0. The van der Waals surface area contributed by atoms with E-state index in [1.807, 2.05) is 0 Å². The Kier molecular flexibility index (Phi) is 2.89. The summed E-state index contributed by atoms with van der Waals surface area (Å²) in [5.41, 5.74) is -0.460. The van der Waals surface area contributed by atoms with Gasteiger partial charge in [-0.2, -0.15) is 13.2 Å². The van der Waals surface area contributed by atoms with Crippen LogP contribution in [0.25, 0.3) is 0 Å². The van der Waals surface area contributed by atoms with Crippen LogP contribution in [0.1, 0.15) is 26.7 Å². The van der Waals surface area contributed by atoms with Crippen molar-refractivity contribution in [3.8, 4) is 0 Å². The molecule has 0 nitrogen and oxygen atoms in total. The van der Waals surface area contributed by atoms with Crippen LogP contribution in [-0.4, -0.2) is 6.18 Å². The summed E-state index contributed by atoms with van der Waals surface area (Å²) in [4.78, 5) is 0. The first-order chi connectivity index (χ1) is 7.39. The molecule has 90 valence electrons. The van der Waals surface area contributed by atoms with Crippen molar-refractivity contribution in [2.24, 2.45) is 23.7 Å². The maximum absolute atomic E-state index is 12.5. The molecule has 0 aliphatic heterocycles. The van der Waals surface area contributed by atoms with Gasteiger partial charge in [-0.05, 0) is 36.5 Å². The summed E-state index contributed by atoms with van der Waals surface area (Å²) in [5.74, 6) is 1.80. The molecular weight excluding hydrogens is 213 g/mol. The summed E-state index contributed by atoms with van der Waals surface area (Å²) in [7, 11) is 0. The van der Waals surface area contributed by atoms with Crippen molar-refractivity contribution in [1.29, 1.82) is 0 Å². The number of alkyl halides is 3. The number of rotatable bonds is 2. The van der Waals surface area contributed by atoms with Gasteiger partial charge in [0.1, 0.15) is 0 Å². The molecule has 0 heterocycles. The molecule has 0 N–H and O–H groups in total. The molecule has 3 atom stereocenters. The zero-order valence-electron chi connectivity index (χ0n) is 9.59. The van der Waals surface area contributed by atoms with Gasteiger partial charge in [0.15, 0.2) is 0 Å². The molecule has 0 aromatic rings. The number of halogens is 3. The lowest BCUT2D eigenvalue weighted by Crippen LogP contribution is -2.15. The lowest BCUT2D eigenvalue weighted by Gasteiger charge is -2.19. The smallest absolute Gasteiger partial charge is 0.166 e. The van der Waals surface area contributed by atoms with E-state index in [0.29, 0.717) is 17.8 Å². The minimum absolute atomic E-state index is 0.106. The fourth-order valence-corrected chi connectivity index (χ4v) is 2.69. The molecule has 0 aromatic heterocycles. The molecule has 0 aromatic carbocycles. The van der Waals surface area contributed by atoms with E-state index in [9.17, 15) is 13.2 Å². The molecule has 1 unspecified atom stereocenters. The van der Waals surface area contributed by atoms with Crippen LogP contribution >= 0.6 is 0 Å². The van der Waals surface area contributed by atoms with Crippen LogP contribution in [0.15, 0.2) is 23.8 Å². The quantitative estimate of drug-likeness (QED) is 0.661. The van der Waals surface area contributed by atoms with Crippen molar-refractivity contribution >= 4 is 0 Å². The van der Waals surface area contributed by atoms with Gasteiger partial charge in [-0.3, -0.25) is 0 Å². The van der Waals surface area contributed by atoms with Crippen molar-refractivity contribution in [3.05, 3.63) is 23.8 Å². The number of allylic oxidation sites excluding steroid dienone is 4. The molecule has 0 amide bonds. The lowest BCUT2D eigenvalue weighted by atomic mass is 9.89. The molecular formula is C13H17F3. The van der Waals surface area contributed by atoms with Crippen LogP contribution in [0.2, 0.25) is 0 Å². The fraction of sp³-hybridized carbons (Fsp3) is 0.692. The monoisotopic (exact) mass is 230 g/mol. The van der Waals surface area contributed by atoms with Crippen LogP contribution in [0, 0.1) is 23.7 Å². The van der Waals surface area contributed by atoms with E-state index < -0.39 is 11.7 Å². The standard InChI is InChI=1S/C13H17F3/c1-8(2)11-7-12(11)9-4-3-5-10(6-9)13(14,15)16/h3,5-6,8-9,11-12H,4,7H2,1-2H3/t9?,11-,12-/m1/s1. The molecule has 0 saturated heterocycles. The van der Waals surface area contributed by atoms with Crippen molar-refractivity contribution < 1.29 is 13.2 Å². The molecule has 0 radical (unpaired) electrons. The van der Waals surface area contributed by atoms with E-state index in [2.05, 4.69) is 13.8 Å². The van der Waals surface area contributed by atoms with Crippen molar-refractivity contribution in [2.75, 3.05) is 0 Å². The highest BCUT2D eigenvalue weighted by atomic mass is 19.4. The van der Waals surface area contributed by atoms with E-state index >= 15 is 0 Å². The second-order valence-electron chi connectivity index (χ2n) is 5.23. The summed E-state index contributed by atoms with van der Waals surface area (Å²) in [6.07, 6.45) is 2.00. The third-order valence-corrected chi connectivity index (χ3v) is 3.72. The Balaban J connectivity index is 2.04. The van der Waals surface area contributed by atoms with Crippen LogP contribution in [0.5, 0.6) is 0 Å². The van der Waals surface area contributed by atoms with Crippen LogP contribution in [0.4, 0.5) is 13.2 Å². The van der Waals surface area contributed by atoms with Gasteiger partial charge in [-0.1, -0.05) is 32.1 Å². The minimum Gasteiger partial charge on any atom is -0.166 e. The first-order valence-electron chi connectivity index (χ1n) is 5.85. The van der Waals surface area contributed by atoms with Gasteiger partial charge >= 0.3 is 6.18 Å². The Hall–Kier alpha value is -0.730. The zero-order chi connectivity index (χ0) is 11.9. The van der Waals surface area contributed by atoms with E-state index in [1.54, 1.807) is 6.08 Å². The van der Waals surface area contributed by atoms with Crippen molar-refractivity contribution in [1.82, 2.24) is 0 Å². The molecule has 2 rings (SSSR count). The second-order valence-corrected chi connectivity index (χ2v) is 5.23. The largest absolute Gasteiger partial charge is 0.416 e. The van der Waals surface area contributed by atoms with Crippen LogP contribution in [0.3, 0.4) is 0 Å². The summed E-state index contributed by atoms with van der Waals surface area (Å²) in [6, 6.07) is 0. The van der Waals surface area contributed by atoms with E-state index in [-0.39, 0.29) is 5.92 Å². The third kappa shape index (κ3) is 2.33. The van der Waals surface area contributed by atoms with Crippen molar-refractivity contribution in [3.63, 3.8) is 0 Å². The molecule has 2 aliphatic carbocycles. The molecule has 1 fully saturated rings.